The average Bonchev–Trinajstić information content (AvgIpc) is 2.81. The summed E-state index contributed by atoms with van der Waals surface area (Å²) in [6.45, 7) is 4.70. The summed E-state index contributed by atoms with van der Waals surface area (Å²) in [5.74, 6) is 1.80. The first-order valence-corrected chi connectivity index (χ1v) is 6.78. The molecule has 0 saturated carbocycles. The fraction of sp³-hybridized carbons (Fsp3) is 0.533. The molecule has 1 amide bonds. The number of aliphatic hydroxyl groups excluding tert-OH is 1. The SMILES string of the molecule is Cc1ccc(/C=C/C(=O)N2CCCC(C)C2CO)o1. The summed E-state index contributed by atoms with van der Waals surface area (Å²) in [5.41, 5.74) is 0. The van der Waals surface area contributed by atoms with Gasteiger partial charge in [0.2, 0.25) is 5.91 Å². The lowest BCUT2D eigenvalue weighted by molar-refractivity contribution is -0.132. The van der Waals surface area contributed by atoms with E-state index in [-0.39, 0.29) is 18.6 Å². The van der Waals surface area contributed by atoms with Crippen LogP contribution in [0.5, 0.6) is 0 Å². The van der Waals surface area contributed by atoms with Crippen LogP contribution in [0, 0.1) is 12.8 Å². The highest BCUT2D eigenvalue weighted by Crippen LogP contribution is 2.23. The molecule has 1 N–H and O–H groups in total. The second-order valence-corrected chi connectivity index (χ2v) is 5.18. The van der Waals surface area contributed by atoms with Gasteiger partial charge in [-0.2, -0.15) is 0 Å². The molecule has 0 spiro atoms. The van der Waals surface area contributed by atoms with Gasteiger partial charge in [-0.3, -0.25) is 4.79 Å². The summed E-state index contributed by atoms with van der Waals surface area (Å²) in [4.78, 5) is 13.9. The Morgan fingerprint density at radius 2 is 2.37 bits per heavy atom. The predicted octanol–water partition coefficient (Wildman–Crippen LogP) is 2.22. The molecular weight excluding hydrogens is 242 g/mol. The molecule has 1 fully saturated rings. The number of carbonyl (C=O) groups is 1. The molecule has 0 bridgehead atoms. The average molecular weight is 263 g/mol. The minimum Gasteiger partial charge on any atom is -0.462 e. The number of amides is 1. The molecule has 1 aliphatic heterocycles. The van der Waals surface area contributed by atoms with Crippen molar-refractivity contribution in [3.63, 3.8) is 0 Å². The van der Waals surface area contributed by atoms with Crippen molar-refractivity contribution in [1.82, 2.24) is 4.90 Å². The summed E-state index contributed by atoms with van der Waals surface area (Å²) in [7, 11) is 0. The van der Waals surface area contributed by atoms with Crippen molar-refractivity contribution in [3.05, 3.63) is 29.7 Å². The summed E-state index contributed by atoms with van der Waals surface area (Å²) in [6, 6.07) is 3.63. The van der Waals surface area contributed by atoms with Gasteiger partial charge in [0.25, 0.3) is 0 Å². The van der Waals surface area contributed by atoms with E-state index in [9.17, 15) is 9.90 Å². The number of piperidine rings is 1. The third-order valence-electron chi connectivity index (χ3n) is 3.74. The third-order valence-corrected chi connectivity index (χ3v) is 3.74. The predicted molar refractivity (Wildman–Crippen MR) is 73.5 cm³/mol. The maximum atomic E-state index is 12.2. The van der Waals surface area contributed by atoms with Gasteiger partial charge < -0.3 is 14.4 Å². The molecule has 2 heterocycles. The first-order valence-electron chi connectivity index (χ1n) is 6.78. The maximum Gasteiger partial charge on any atom is 0.247 e. The monoisotopic (exact) mass is 263 g/mol. The molecule has 0 aliphatic carbocycles. The summed E-state index contributed by atoms with van der Waals surface area (Å²) < 4.78 is 5.39. The molecule has 1 aromatic heterocycles. The fourth-order valence-corrected chi connectivity index (χ4v) is 2.59. The van der Waals surface area contributed by atoms with Crippen molar-refractivity contribution in [2.24, 2.45) is 5.92 Å². The Hall–Kier alpha value is -1.55. The first-order chi connectivity index (χ1) is 9.11. The van der Waals surface area contributed by atoms with Crippen molar-refractivity contribution in [1.29, 1.82) is 0 Å². The lowest BCUT2D eigenvalue weighted by Gasteiger charge is -2.38. The van der Waals surface area contributed by atoms with Crippen LogP contribution < -0.4 is 0 Å². The summed E-state index contributed by atoms with van der Waals surface area (Å²) >= 11 is 0. The molecule has 4 nitrogen and oxygen atoms in total. The van der Waals surface area contributed by atoms with Crippen LogP contribution in [0.15, 0.2) is 22.6 Å². The highest BCUT2D eigenvalue weighted by Gasteiger charge is 2.30. The van der Waals surface area contributed by atoms with Gasteiger partial charge in [-0.15, -0.1) is 0 Å². The Kier molecular flexibility index (Phi) is 4.43. The molecule has 2 unspecified atom stereocenters. The van der Waals surface area contributed by atoms with Gasteiger partial charge in [0.1, 0.15) is 11.5 Å². The van der Waals surface area contributed by atoms with Crippen LogP contribution in [0.4, 0.5) is 0 Å². The lowest BCUT2D eigenvalue weighted by atomic mass is 9.91. The topological polar surface area (TPSA) is 53.7 Å². The number of furan rings is 1. The standard InChI is InChI=1S/C15H21NO3/c1-11-4-3-9-16(14(11)10-17)15(18)8-7-13-6-5-12(2)19-13/h5-8,11,14,17H,3-4,9-10H2,1-2H3/b8-7+. The Morgan fingerprint density at radius 1 is 1.58 bits per heavy atom. The van der Waals surface area contributed by atoms with E-state index >= 15 is 0 Å². The van der Waals surface area contributed by atoms with Gasteiger partial charge in [-0.25, -0.2) is 0 Å². The Bertz CT molecular complexity index is 464. The van der Waals surface area contributed by atoms with Crippen molar-refractivity contribution >= 4 is 12.0 Å². The van der Waals surface area contributed by atoms with Crippen molar-refractivity contribution < 1.29 is 14.3 Å². The Morgan fingerprint density at radius 3 is 3.00 bits per heavy atom. The van der Waals surface area contributed by atoms with Crippen LogP contribution in [0.2, 0.25) is 0 Å². The van der Waals surface area contributed by atoms with E-state index in [1.54, 1.807) is 11.0 Å². The first kappa shape index (κ1) is 13.9. The minimum absolute atomic E-state index is 0.0284. The molecule has 2 rings (SSSR count). The van der Waals surface area contributed by atoms with Crippen LogP contribution in [0.3, 0.4) is 0 Å². The smallest absolute Gasteiger partial charge is 0.247 e. The van der Waals surface area contributed by atoms with Crippen molar-refractivity contribution in [3.8, 4) is 0 Å². The highest BCUT2D eigenvalue weighted by atomic mass is 16.3. The quantitative estimate of drug-likeness (QED) is 0.851. The van der Waals surface area contributed by atoms with Gasteiger partial charge in [0, 0.05) is 12.6 Å². The van der Waals surface area contributed by atoms with Gasteiger partial charge in [0.15, 0.2) is 0 Å². The fourth-order valence-electron chi connectivity index (χ4n) is 2.59. The molecule has 19 heavy (non-hydrogen) atoms. The molecule has 1 aliphatic rings. The second-order valence-electron chi connectivity index (χ2n) is 5.18. The van der Waals surface area contributed by atoms with Gasteiger partial charge in [-0.05, 0) is 43.9 Å². The van der Waals surface area contributed by atoms with Crippen LogP contribution in [-0.2, 0) is 4.79 Å². The molecule has 1 saturated heterocycles. The van der Waals surface area contributed by atoms with Crippen LogP contribution >= 0.6 is 0 Å². The minimum atomic E-state index is -0.0655. The number of aliphatic hydroxyl groups is 1. The van der Waals surface area contributed by atoms with Gasteiger partial charge in [-0.1, -0.05) is 6.92 Å². The van der Waals surface area contributed by atoms with E-state index in [0.29, 0.717) is 11.7 Å². The molecule has 1 aromatic rings. The molecular formula is C15H21NO3. The Labute approximate surface area is 113 Å². The third kappa shape index (κ3) is 3.26. The normalized spacial score (nSPS) is 24.1. The number of likely N-dealkylation sites (tertiary alicyclic amines) is 1. The van der Waals surface area contributed by atoms with E-state index < -0.39 is 0 Å². The van der Waals surface area contributed by atoms with Crippen molar-refractivity contribution in [2.45, 2.75) is 32.7 Å². The van der Waals surface area contributed by atoms with Crippen LogP contribution in [-0.4, -0.2) is 35.1 Å². The van der Waals surface area contributed by atoms with E-state index in [1.165, 1.54) is 6.08 Å². The van der Waals surface area contributed by atoms with Crippen LogP contribution in [0.25, 0.3) is 6.08 Å². The number of carbonyl (C=O) groups excluding carboxylic acids is 1. The van der Waals surface area contributed by atoms with E-state index in [0.717, 1.165) is 25.1 Å². The zero-order valence-electron chi connectivity index (χ0n) is 11.5. The highest BCUT2D eigenvalue weighted by molar-refractivity contribution is 5.91. The van der Waals surface area contributed by atoms with E-state index in [2.05, 4.69) is 6.92 Å². The lowest BCUT2D eigenvalue weighted by Crippen LogP contribution is -2.49. The zero-order valence-corrected chi connectivity index (χ0v) is 11.5. The van der Waals surface area contributed by atoms with E-state index in [4.69, 9.17) is 4.42 Å². The number of aryl methyl sites for hydroxylation is 1. The van der Waals surface area contributed by atoms with Gasteiger partial charge >= 0.3 is 0 Å². The second kappa shape index (κ2) is 6.06. The maximum absolute atomic E-state index is 12.2. The molecule has 104 valence electrons. The zero-order chi connectivity index (χ0) is 13.8. The molecule has 2 atom stereocenters. The molecule has 0 radical (unpaired) electrons. The van der Waals surface area contributed by atoms with E-state index in [1.807, 2.05) is 19.1 Å². The summed E-state index contributed by atoms with van der Waals surface area (Å²) in [5, 5.41) is 9.43. The largest absolute Gasteiger partial charge is 0.462 e. The van der Waals surface area contributed by atoms with Crippen molar-refractivity contribution in [2.75, 3.05) is 13.2 Å². The number of rotatable bonds is 3. The molecule has 4 heteroatoms. The number of hydrogen-bond donors (Lipinski definition) is 1. The number of nitrogens with zero attached hydrogens (tertiary/aromatic N) is 1. The summed E-state index contributed by atoms with van der Waals surface area (Å²) in [6.07, 6.45) is 5.27. The van der Waals surface area contributed by atoms with Gasteiger partial charge in [0.05, 0.1) is 12.6 Å². The number of hydrogen-bond acceptors (Lipinski definition) is 3. The molecule has 0 aromatic carbocycles. The Balaban J connectivity index is 2.04. The van der Waals surface area contributed by atoms with Crippen LogP contribution in [0.1, 0.15) is 31.3 Å².